The molecule has 2 rings (SSSR count). The Balaban J connectivity index is 1.98. The van der Waals surface area contributed by atoms with Crippen LogP contribution in [-0.4, -0.2) is 56.1 Å². The van der Waals surface area contributed by atoms with Gasteiger partial charge in [-0.1, -0.05) is 19.3 Å². The summed E-state index contributed by atoms with van der Waals surface area (Å²) >= 11 is 0. The number of hydrogen-bond acceptors (Lipinski definition) is 5. The third-order valence-electron chi connectivity index (χ3n) is 5.23. The lowest BCUT2D eigenvalue weighted by Crippen LogP contribution is -2.58. The molecule has 0 unspecified atom stereocenters. The van der Waals surface area contributed by atoms with E-state index in [0.29, 0.717) is 38.8 Å². The highest BCUT2D eigenvalue weighted by atomic mass is 32.2. The van der Waals surface area contributed by atoms with Crippen LogP contribution in [0.4, 0.5) is 0 Å². The summed E-state index contributed by atoms with van der Waals surface area (Å²) in [4.78, 5) is 24.8. The van der Waals surface area contributed by atoms with E-state index >= 15 is 0 Å². The van der Waals surface area contributed by atoms with Crippen LogP contribution in [0.25, 0.3) is 0 Å². The summed E-state index contributed by atoms with van der Waals surface area (Å²) in [7, 11) is -1.85. The number of nitrogens with one attached hydrogen (secondary N) is 1. The van der Waals surface area contributed by atoms with Gasteiger partial charge in [-0.2, -0.15) is 0 Å². The first-order valence-electron chi connectivity index (χ1n) is 8.73. The van der Waals surface area contributed by atoms with Gasteiger partial charge in [0.1, 0.15) is 5.54 Å². The van der Waals surface area contributed by atoms with Gasteiger partial charge in [-0.3, -0.25) is 4.79 Å². The Morgan fingerprint density at radius 3 is 2.25 bits per heavy atom. The van der Waals surface area contributed by atoms with Crippen LogP contribution in [0.3, 0.4) is 0 Å². The number of carbonyl (C=O) groups excluding carboxylic acids is 2. The van der Waals surface area contributed by atoms with Crippen molar-refractivity contribution >= 4 is 21.9 Å². The van der Waals surface area contributed by atoms with E-state index in [9.17, 15) is 18.0 Å². The molecule has 0 radical (unpaired) electrons. The molecule has 0 aromatic heterocycles. The van der Waals surface area contributed by atoms with Crippen molar-refractivity contribution in [2.45, 2.75) is 57.4 Å². The average Bonchev–Trinajstić information content (AvgIpc) is 2.61. The molecule has 0 atom stereocenters. The number of ether oxygens (including phenoxy) is 1. The Bertz CT molecular complexity index is 561. The molecule has 1 saturated carbocycles. The Kier molecular flexibility index (Phi) is 6.25. The smallest absolute Gasteiger partial charge is 0.331 e. The summed E-state index contributed by atoms with van der Waals surface area (Å²) in [6.45, 7) is 2.34. The van der Waals surface area contributed by atoms with Crippen molar-refractivity contribution in [2.75, 3.05) is 26.0 Å². The van der Waals surface area contributed by atoms with Crippen molar-refractivity contribution in [1.29, 1.82) is 0 Å². The molecule has 2 aliphatic rings. The maximum absolute atomic E-state index is 12.6. The highest BCUT2D eigenvalue weighted by molar-refractivity contribution is 7.89. The lowest BCUT2D eigenvalue weighted by atomic mass is 9.81. The van der Waals surface area contributed by atoms with Gasteiger partial charge >= 0.3 is 5.97 Å². The van der Waals surface area contributed by atoms with Crippen LogP contribution in [0.15, 0.2) is 0 Å². The highest BCUT2D eigenvalue weighted by Crippen LogP contribution is 2.30. The van der Waals surface area contributed by atoms with Crippen molar-refractivity contribution in [2.24, 2.45) is 5.92 Å². The minimum absolute atomic E-state index is 0.0787. The Morgan fingerprint density at radius 1 is 1.17 bits per heavy atom. The summed E-state index contributed by atoms with van der Waals surface area (Å²) in [5.41, 5.74) is -0.906. The maximum atomic E-state index is 12.6. The van der Waals surface area contributed by atoms with Crippen molar-refractivity contribution in [3.63, 3.8) is 0 Å². The molecule has 1 aliphatic heterocycles. The van der Waals surface area contributed by atoms with E-state index in [4.69, 9.17) is 4.74 Å². The molecule has 1 saturated heterocycles. The van der Waals surface area contributed by atoms with E-state index in [2.05, 4.69) is 5.32 Å². The van der Waals surface area contributed by atoms with Crippen molar-refractivity contribution in [3.8, 4) is 0 Å². The van der Waals surface area contributed by atoms with Crippen molar-refractivity contribution in [3.05, 3.63) is 0 Å². The summed E-state index contributed by atoms with van der Waals surface area (Å²) in [5.74, 6) is -0.705. The average molecular weight is 360 g/mol. The highest BCUT2D eigenvalue weighted by Gasteiger charge is 2.43. The summed E-state index contributed by atoms with van der Waals surface area (Å²) in [5, 5.41) is 2.94. The number of rotatable bonds is 5. The minimum atomic E-state index is -3.20. The van der Waals surface area contributed by atoms with Crippen LogP contribution in [0.5, 0.6) is 0 Å². The maximum Gasteiger partial charge on any atom is 0.331 e. The number of nitrogens with zero attached hydrogens (tertiary/aromatic N) is 1. The van der Waals surface area contributed by atoms with Crippen molar-refractivity contribution in [1.82, 2.24) is 9.62 Å². The minimum Gasteiger partial charge on any atom is -0.467 e. The molecule has 0 bridgehead atoms. The van der Waals surface area contributed by atoms with E-state index < -0.39 is 15.6 Å². The lowest BCUT2D eigenvalue weighted by molar-refractivity contribution is -0.153. The van der Waals surface area contributed by atoms with Gasteiger partial charge in [0, 0.05) is 19.0 Å². The fraction of sp³-hybridized carbons (Fsp3) is 0.875. The zero-order valence-corrected chi connectivity index (χ0v) is 15.4. The number of esters is 1. The van der Waals surface area contributed by atoms with Gasteiger partial charge in [0.2, 0.25) is 15.9 Å². The molecule has 8 heteroatoms. The number of amides is 1. The first-order chi connectivity index (χ1) is 11.3. The van der Waals surface area contributed by atoms with E-state index in [1.807, 2.05) is 0 Å². The van der Waals surface area contributed by atoms with Gasteiger partial charge in [0.15, 0.2) is 0 Å². The van der Waals surface area contributed by atoms with Gasteiger partial charge in [0.25, 0.3) is 0 Å². The number of carbonyl (C=O) groups is 2. The molecule has 1 heterocycles. The third-order valence-corrected chi connectivity index (χ3v) is 7.11. The van der Waals surface area contributed by atoms with Gasteiger partial charge in [-0.15, -0.1) is 0 Å². The number of hydrogen-bond donors (Lipinski definition) is 1. The van der Waals surface area contributed by atoms with Crippen LogP contribution in [0, 0.1) is 5.92 Å². The monoisotopic (exact) mass is 360 g/mol. The van der Waals surface area contributed by atoms with Gasteiger partial charge in [-0.25, -0.2) is 17.5 Å². The second kappa shape index (κ2) is 7.82. The standard InChI is InChI=1S/C16H28N2O5S/c1-3-24(21,22)18-11-7-13(8-12-18)14(19)17-16(15(20)23-2)9-5-4-6-10-16/h13H,3-12H2,1-2H3,(H,17,19). The van der Waals surface area contributed by atoms with E-state index in [1.54, 1.807) is 6.92 Å². The number of sulfonamides is 1. The normalized spacial score (nSPS) is 22.8. The van der Waals surface area contributed by atoms with E-state index in [1.165, 1.54) is 11.4 Å². The Labute approximate surface area is 144 Å². The predicted molar refractivity (Wildman–Crippen MR) is 89.7 cm³/mol. The molecular formula is C16H28N2O5S. The first kappa shape index (κ1) is 19.2. The predicted octanol–water partition coefficient (Wildman–Crippen LogP) is 1.04. The fourth-order valence-corrected chi connectivity index (χ4v) is 4.78. The summed E-state index contributed by atoms with van der Waals surface area (Å²) < 4.78 is 30.2. The van der Waals surface area contributed by atoms with Crippen LogP contribution < -0.4 is 5.32 Å². The van der Waals surface area contributed by atoms with Gasteiger partial charge in [-0.05, 0) is 32.6 Å². The molecule has 0 aromatic carbocycles. The third kappa shape index (κ3) is 4.08. The van der Waals surface area contributed by atoms with Crippen molar-refractivity contribution < 1.29 is 22.7 Å². The fourth-order valence-electron chi connectivity index (χ4n) is 3.65. The van der Waals surface area contributed by atoms with Crippen LogP contribution in [0.1, 0.15) is 51.9 Å². The zero-order chi connectivity index (χ0) is 17.8. The largest absolute Gasteiger partial charge is 0.467 e. The van der Waals surface area contributed by atoms with E-state index in [-0.39, 0.29) is 23.5 Å². The second-order valence-electron chi connectivity index (χ2n) is 6.70. The second-order valence-corrected chi connectivity index (χ2v) is 8.96. The first-order valence-corrected chi connectivity index (χ1v) is 10.3. The Morgan fingerprint density at radius 2 is 1.75 bits per heavy atom. The van der Waals surface area contributed by atoms with Crippen LogP contribution in [0.2, 0.25) is 0 Å². The van der Waals surface area contributed by atoms with Crippen LogP contribution in [-0.2, 0) is 24.3 Å². The van der Waals surface area contributed by atoms with Gasteiger partial charge < -0.3 is 10.1 Å². The van der Waals surface area contributed by atoms with Crippen LogP contribution >= 0.6 is 0 Å². The topological polar surface area (TPSA) is 92.8 Å². The molecule has 138 valence electrons. The molecule has 1 aliphatic carbocycles. The number of piperidine rings is 1. The molecule has 24 heavy (non-hydrogen) atoms. The summed E-state index contributed by atoms with van der Waals surface area (Å²) in [6, 6.07) is 0. The van der Waals surface area contributed by atoms with Gasteiger partial charge in [0.05, 0.1) is 12.9 Å². The molecule has 0 aromatic rings. The molecule has 2 fully saturated rings. The Hall–Kier alpha value is -1.15. The number of methoxy groups -OCH3 is 1. The summed E-state index contributed by atoms with van der Waals surface area (Å²) in [6.07, 6.45) is 5.03. The molecule has 1 amide bonds. The lowest BCUT2D eigenvalue weighted by Gasteiger charge is -2.37. The molecule has 1 N–H and O–H groups in total. The zero-order valence-electron chi connectivity index (χ0n) is 14.5. The quantitative estimate of drug-likeness (QED) is 0.740. The SMILES string of the molecule is CCS(=O)(=O)N1CCC(C(=O)NC2(C(=O)OC)CCCCC2)CC1. The molecule has 0 spiro atoms. The molecular weight excluding hydrogens is 332 g/mol. The molecule has 7 nitrogen and oxygen atoms in total. The van der Waals surface area contributed by atoms with E-state index in [0.717, 1.165) is 19.3 Å².